The Labute approximate surface area is 140 Å². The fraction of sp³-hybridized carbons (Fsp3) is 0.118. The average Bonchev–Trinajstić information content (AvgIpc) is 2.50. The molecule has 0 aliphatic carbocycles. The molecule has 3 nitrogen and oxygen atoms in total. The highest BCUT2D eigenvalue weighted by Gasteiger charge is 2.11. The summed E-state index contributed by atoms with van der Waals surface area (Å²) in [6.07, 6.45) is 0. The number of benzene rings is 2. The molecule has 2 aromatic carbocycles. The van der Waals surface area contributed by atoms with Crippen molar-refractivity contribution in [1.29, 1.82) is 0 Å². The van der Waals surface area contributed by atoms with Gasteiger partial charge in [-0.3, -0.25) is 4.79 Å². The van der Waals surface area contributed by atoms with Crippen LogP contribution >= 0.6 is 15.9 Å². The lowest BCUT2D eigenvalue weighted by atomic mass is 10.2. The molecule has 2 rings (SSSR count). The number of nitrogens with one attached hydrogen (secondary N) is 1. The molecule has 0 unspecified atom stereocenters. The van der Waals surface area contributed by atoms with Crippen LogP contribution in [0.5, 0.6) is 5.75 Å². The summed E-state index contributed by atoms with van der Waals surface area (Å²) >= 11 is 3.33. The third kappa shape index (κ3) is 5.38. The van der Waals surface area contributed by atoms with Gasteiger partial charge in [-0.25, -0.2) is 8.78 Å². The Morgan fingerprint density at radius 3 is 2.74 bits per heavy atom. The largest absolute Gasteiger partial charge is 0.481 e. The lowest BCUT2D eigenvalue weighted by Gasteiger charge is -2.03. The second kappa shape index (κ2) is 8.30. The van der Waals surface area contributed by atoms with Crippen LogP contribution in [0.15, 0.2) is 46.9 Å². The number of hydrogen-bond donors (Lipinski definition) is 1. The van der Waals surface area contributed by atoms with Crippen LogP contribution in [0.25, 0.3) is 0 Å². The smallest absolute Gasteiger partial charge is 0.255 e. The molecule has 0 aromatic heterocycles. The summed E-state index contributed by atoms with van der Waals surface area (Å²) < 4.78 is 32.4. The second-order valence-corrected chi connectivity index (χ2v) is 5.32. The molecular formula is C17H12BrF2NO2. The summed E-state index contributed by atoms with van der Waals surface area (Å²) in [7, 11) is 0. The fourth-order valence-electron chi connectivity index (χ4n) is 1.68. The first-order chi connectivity index (χ1) is 11.1. The molecule has 0 aliphatic rings. The molecule has 0 saturated carbocycles. The van der Waals surface area contributed by atoms with Gasteiger partial charge in [0, 0.05) is 10.5 Å². The topological polar surface area (TPSA) is 38.3 Å². The highest BCUT2D eigenvalue weighted by Crippen LogP contribution is 2.17. The molecule has 0 aliphatic heterocycles. The van der Waals surface area contributed by atoms with Gasteiger partial charge in [-0.05, 0) is 30.3 Å². The van der Waals surface area contributed by atoms with Crippen molar-refractivity contribution in [2.24, 2.45) is 0 Å². The van der Waals surface area contributed by atoms with Gasteiger partial charge in [0.25, 0.3) is 5.91 Å². The van der Waals surface area contributed by atoms with Crippen molar-refractivity contribution in [3.8, 4) is 17.6 Å². The monoisotopic (exact) mass is 379 g/mol. The number of ether oxygens (including phenoxy) is 1. The molecule has 0 atom stereocenters. The summed E-state index contributed by atoms with van der Waals surface area (Å²) in [4.78, 5) is 11.7. The maximum Gasteiger partial charge on any atom is 0.255 e. The minimum absolute atomic E-state index is 0.0392. The standard InChI is InChI=1S/C17H12BrF2NO2/c18-12-4-3-5-14(10-12)23-9-2-1-8-21-17(22)15-7-6-13(19)11-16(15)20/h3-7,10-11H,8-9H2,(H,21,22). The van der Waals surface area contributed by atoms with E-state index in [1.807, 2.05) is 12.1 Å². The van der Waals surface area contributed by atoms with E-state index >= 15 is 0 Å². The maximum absolute atomic E-state index is 13.4. The predicted octanol–water partition coefficient (Wildman–Crippen LogP) is 3.54. The molecule has 0 fully saturated rings. The van der Waals surface area contributed by atoms with E-state index in [0.29, 0.717) is 11.8 Å². The number of carbonyl (C=O) groups excluding carboxylic acids is 1. The van der Waals surface area contributed by atoms with E-state index < -0.39 is 17.5 Å². The van der Waals surface area contributed by atoms with E-state index in [9.17, 15) is 13.6 Å². The van der Waals surface area contributed by atoms with Crippen LogP contribution in [0.3, 0.4) is 0 Å². The molecular weight excluding hydrogens is 368 g/mol. The van der Waals surface area contributed by atoms with Crippen LogP contribution in [0.1, 0.15) is 10.4 Å². The van der Waals surface area contributed by atoms with Crippen molar-refractivity contribution in [1.82, 2.24) is 5.32 Å². The van der Waals surface area contributed by atoms with Gasteiger partial charge in [-0.1, -0.05) is 33.8 Å². The predicted molar refractivity (Wildman–Crippen MR) is 86.1 cm³/mol. The first kappa shape index (κ1) is 17.0. The molecule has 0 heterocycles. The summed E-state index contributed by atoms with van der Waals surface area (Å²) in [5.74, 6) is 3.80. The van der Waals surface area contributed by atoms with E-state index in [1.54, 1.807) is 12.1 Å². The van der Waals surface area contributed by atoms with Crippen molar-refractivity contribution in [3.63, 3.8) is 0 Å². The first-order valence-electron chi connectivity index (χ1n) is 6.63. The SMILES string of the molecule is O=C(NCC#CCOc1cccc(Br)c1)c1ccc(F)cc1F. The Hall–Kier alpha value is -2.39. The lowest BCUT2D eigenvalue weighted by Crippen LogP contribution is -2.24. The van der Waals surface area contributed by atoms with Crippen molar-refractivity contribution >= 4 is 21.8 Å². The van der Waals surface area contributed by atoms with Crippen molar-refractivity contribution < 1.29 is 18.3 Å². The third-order valence-electron chi connectivity index (χ3n) is 2.75. The maximum atomic E-state index is 13.4. The number of rotatable bonds is 4. The molecule has 0 saturated heterocycles. The minimum atomic E-state index is -0.909. The Balaban J connectivity index is 1.78. The summed E-state index contributed by atoms with van der Waals surface area (Å²) in [5.41, 5.74) is -0.224. The van der Waals surface area contributed by atoms with Crippen LogP contribution in [0, 0.1) is 23.5 Å². The van der Waals surface area contributed by atoms with E-state index in [-0.39, 0.29) is 18.7 Å². The van der Waals surface area contributed by atoms with E-state index in [2.05, 4.69) is 33.1 Å². The van der Waals surface area contributed by atoms with Crippen LogP contribution < -0.4 is 10.1 Å². The van der Waals surface area contributed by atoms with Gasteiger partial charge in [-0.2, -0.15) is 0 Å². The first-order valence-corrected chi connectivity index (χ1v) is 7.43. The number of amides is 1. The molecule has 1 amide bonds. The van der Waals surface area contributed by atoms with Crippen LogP contribution in [0.4, 0.5) is 8.78 Å². The van der Waals surface area contributed by atoms with E-state index in [4.69, 9.17) is 4.74 Å². The van der Waals surface area contributed by atoms with Gasteiger partial charge in [0.05, 0.1) is 12.1 Å². The van der Waals surface area contributed by atoms with Crippen molar-refractivity contribution in [2.75, 3.05) is 13.2 Å². The molecule has 0 bridgehead atoms. The van der Waals surface area contributed by atoms with E-state index in [1.165, 1.54) is 0 Å². The zero-order valence-corrected chi connectivity index (χ0v) is 13.5. The zero-order valence-electron chi connectivity index (χ0n) is 11.9. The van der Waals surface area contributed by atoms with Gasteiger partial charge in [0.2, 0.25) is 0 Å². The third-order valence-corrected chi connectivity index (χ3v) is 3.24. The van der Waals surface area contributed by atoms with Gasteiger partial charge in [0.1, 0.15) is 24.0 Å². The highest BCUT2D eigenvalue weighted by atomic mass is 79.9. The van der Waals surface area contributed by atoms with Crippen LogP contribution in [-0.4, -0.2) is 19.1 Å². The Bertz CT molecular complexity index is 769. The van der Waals surface area contributed by atoms with Crippen molar-refractivity contribution in [2.45, 2.75) is 0 Å². The molecule has 2 aromatic rings. The molecule has 0 spiro atoms. The van der Waals surface area contributed by atoms with Crippen LogP contribution in [0.2, 0.25) is 0 Å². The second-order valence-electron chi connectivity index (χ2n) is 4.41. The Morgan fingerprint density at radius 2 is 2.00 bits per heavy atom. The quantitative estimate of drug-likeness (QED) is 0.825. The summed E-state index contributed by atoms with van der Waals surface area (Å²) in [6.45, 7) is 0.203. The van der Waals surface area contributed by atoms with Crippen LogP contribution in [-0.2, 0) is 0 Å². The number of halogens is 3. The molecule has 6 heteroatoms. The number of hydrogen-bond acceptors (Lipinski definition) is 2. The lowest BCUT2D eigenvalue weighted by molar-refractivity contribution is 0.0954. The van der Waals surface area contributed by atoms with Gasteiger partial charge in [-0.15, -0.1) is 0 Å². The molecule has 0 radical (unpaired) electrons. The molecule has 118 valence electrons. The minimum Gasteiger partial charge on any atom is -0.481 e. The van der Waals surface area contributed by atoms with Gasteiger partial charge < -0.3 is 10.1 Å². The van der Waals surface area contributed by atoms with Gasteiger partial charge >= 0.3 is 0 Å². The Kier molecular flexibility index (Phi) is 6.12. The van der Waals surface area contributed by atoms with Gasteiger partial charge in [0.15, 0.2) is 0 Å². The molecule has 1 N–H and O–H groups in total. The highest BCUT2D eigenvalue weighted by molar-refractivity contribution is 9.10. The Morgan fingerprint density at radius 1 is 1.17 bits per heavy atom. The van der Waals surface area contributed by atoms with Crippen molar-refractivity contribution in [3.05, 3.63) is 64.1 Å². The number of carbonyl (C=O) groups is 1. The van der Waals surface area contributed by atoms with E-state index in [0.717, 1.165) is 16.6 Å². The molecule has 23 heavy (non-hydrogen) atoms. The summed E-state index contributed by atoms with van der Waals surface area (Å²) in [5, 5.41) is 2.43. The summed E-state index contributed by atoms with van der Waals surface area (Å²) in [6, 6.07) is 10.1. The zero-order chi connectivity index (χ0) is 16.7. The average molecular weight is 380 g/mol. The normalized spacial score (nSPS) is 9.70. The fourth-order valence-corrected chi connectivity index (χ4v) is 2.06.